The Hall–Kier alpha value is -3.05. The fourth-order valence-electron chi connectivity index (χ4n) is 4.57. The van der Waals surface area contributed by atoms with E-state index in [0.717, 1.165) is 27.4 Å². The number of nitrogens with zero attached hydrogens (tertiary/aromatic N) is 3. The van der Waals surface area contributed by atoms with Crippen molar-refractivity contribution in [2.45, 2.75) is 43.6 Å². The van der Waals surface area contributed by atoms with E-state index in [4.69, 9.17) is 23.9 Å². The molecule has 40 heavy (non-hydrogen) atoms. The molecule has 11 heteroatoms. The van der Waals surface area contributed by atoms with Gasteiger partial charge >= 0.3 is 0 Å². The molecule has 0 saturated carbocycles. The van der Waals surface area contributed by atoms with Crippen molar-refractivity contribution < 1.29 is 27.7 Å². The van der Waals surface area contributed by atoms with E-state index >= 15 is 0 Å². The number of amidine groups is 1. The zero-order valence-corrected chi connectivity index (χ0v) is 25.4. The molecule has 2 aromatic carbocycles. The highest BCUT2D eigenvalue weighted by Crippen LogP contribution is 2.43. The van der Waals surface area contributed by atoms with Crippen molar-refractivity contribution in [2.24, 2.45) is 4.99 Å². The summed E-state index contributed by atoms with van der Waals surface area (Å²) in [4.78, 5) is 11.6. The first kappa shape index (κ1) is 29.9. The Bertz CT molecular complexity index is 1310. The molecule has 0 spiro atoms. The van der Waals surface area contributed by atoms with E-state index in [1.807, 2.05) is 42.2 Å². The lowest BCUT2D eigenvalue weighted by molar-refractivity contribution is 0.131. The minimum atomic E-state index is -2.55. The highest BCUT2D eigenvalue weighted by Gasteiger charge is 2.41. The molecule has 214 valence electrons. The van der Waals surface area contributed by atoms with Crippen LogP contribution in [0.1, 0.15) is 30.2 Å². The van der Waals surface area contributed by atoms with E-state index in [0.29, 0.717) is 46.9 Å². The number of benzene rings is 2. The maximum Gasteiger partial charge on any atom is 0.250 e. The van der Waals surface area contributed by atoms with Gasteiger partial charge in [-0.25, -0.2) is 13.8 Å². The summed E-state index contributed by atoms with van der Waals surface area (Å²) in [6, 6.07) is 14.7. The quantitative estimate of drug-likeness (QED) is 0.239. The zero-order valence-electron chi connectivity index (χ0n) is 23.0. The van der Waals surface area contributed by atoms with Crippen LogP contribution in [0.2, 0.25) is 0 Å². The molecule has 0 amide bonds. The Labute approximate surface area is 246 Å². The topological polar surface area (TPSA) is 65.4 Å². The number of thioether (sulfide) groups is 1. The maximum absolute atomic E-state index is 14.4. The summed E-state index contributed by atoms with van der Waals surface area (Å²) in [5.74, 6) is 2.54. The third-order valence-electron chi connectivity index (χ3n) is 6.73. The van der Waals surface area contributed by atoms with Crippen LogP contribution in [-0.2, 0) is 18.6 Å². The SMILES string of the molecule is COc1ccc(CN(Cc2ccc(OC)cc2OC)C2=N[C@](C)(c3cc(Br)ccn3)C[C@@H](C(F)F)S2)c(OC)c1. The normalized spacial score (nSPS) is 18.7. The van der Waals surface area contributed by atoms with Gasteiger partial charge in [-0.05, 0) is 49.7 Å². The van der Waals surface area contributed by atoms with E-state index in [-0.39, 0.29) is 6.42 Å². The van der Waals surface area contributed by atoms with Crippen LogP contribution in [0, 0.1) is 0 Å². The molecule has 0 radical (unpaired) electrons. The highest BCUT2D eigenvalue weighted by atomic mass is 79.9. The van der Waals surface area contributed by atoms with Crippen molar-refractivity contribution in [2.75, 3.05) is 28.4 Å². The van der Waals surface area contributed by atoms with E-state index in [2.05, 4.69) is 20.9 Å². The van der Waals surface area contributed by atoms with Crippen molar-refractivity contribution in [3.05, 3.63) is 76.0 Å². The van der Waals surface area contributed by atoms with Gasteiger partial charge in [0.1, 0.15) is 28.5 Å². The molecule has 0 N–H and O–H groups in total. The molecule has 0 saturated heterocycles. The molecular weight excluding hydrogens is 604 g/mol. The summed E-state index contributed by atoms with van der Waals surface area (Å²) in [6.45, 7) is 2.54. The largest absolute Gasteiger partial charge is 0.497 e. The third-order valence-corrected chi connectivity index (χ3v) is 8.46. The average molecular weight is 637 g/mol. The second-order valence-electron chi connectivity index (χ2n) is 9.43. The number of pyridine rings is 1. The van der Waals surface area contributed by atoms with Crippen LogP contribution >= 0.6 is 27.7 Å². The summed E-state index contributed by atoms with van der Waals surface area (Å²) in [7, 11) is 6.35. The van der Waals surface area contributed by atoms with Crippen molar-refractivity contribution in [1.82, 2.24) is 9.88 Å². The van der Waals surface area contributed by atoms with Crippen molar-refractivity contribution in [1.29, 1.82) is 0 Å². The van der Waals surface area contributed by atoms with Gasteiger partial charge in [0.15, 0.2) is 5.17 Å². The fourth-order valence-corrected chi connectivity index (χ4v) is 6.22. The third kappa shape index (κ3) is 6.80. The van der Waals surface area contributed by atoms with Crippen LogP contribution in [0.3, 0.4) is 0 Å². The lowest BCUT2D eigenvalue weighted by atomic mass is 9.91. The summed E-state index contributed by atoms with van der Waals surface area (Å²) in [6.07, 6.45) is -0.746. The number of hydrogen-bond donors (Lipinski definition) is 0. The number of rotatable bonds is 10. The lowest BCUT2D eigenvalue weighted by Gasteiger charge is -2.38. The smallest absolute Gasteiger partial charge is 0.250 e. The minimum Gasteiger partial charge on any atom is -0.497 e. The van der Waals surface area contributed by atoms with Crippen molar-refractivity contribution in [3.8, 4) is 23.0 Å². The number of ether oxygens (including phenoxy) is 4. The first-order valence-corrected chi connectivity index (χ1v) is 14.2. The lowest BCUT2D eigenvalue weighted by Crippen LogP contribution is -2.40. The van der Waals surface area contributed by atoms with Crippen molar-refractivity contribution in [3.63, 3.8) is 0 Å². The van der Waals surface area contributed by atoms with Gasteiger partial charge in [-0.15, -0.1) is 0 Å². The van der Waals surface area contributed by atoms with Gasteiger partial charge in [-0.3, -0.25) is 4.98 Å². The Morgan fingerprint density at radius 1 is 0.925 bits per heavy atom. The van der Waals surface area contributed by atoms with Crippen LogP contribution in [0.4, 0.5) is 8.78 Å². The minimum absolute atomic E-state index is 0.147. The Morgan fingerprint density at radius 3 is 1.98 bits per heavy atom. The van der Waals surface area contributed by atoms with Gasteiger partial charge in [-0.2, -0.15) is 0 Å². The molecule has 4 rings (SSSR count). The maximum atomic E-state index is 14.4. The molecule has 2 atom stereocenters. The number of methoxy groups -OCH3 is 4. The summed E-state index contributed by atoms with van der Waals surface area (Å²) in [5.41, 5.74) is 1.35. The second-order valence-corrected chi connectivity index (χ2v) is 11.6. The zero-order chi connectivity index (χ0) is 28.9. The standard InChI is InChI=1S/C29H32BrF2N3O4S/c1-29(26-12-20(30)10-11-33-26)15-25(27(31)32)40-28(34-29)35(16-18-6-8-21(36-2)13-23(18)38-4)17-19-7-9-22(37-3)14-24(19)39-5/h6-14,25,27H,15-17H2,1-5H3/t25-,29-/m0/s1. The van der Waals surface area contributed by atoms with Crippen LogP contribution in [0.15, 0.2) is 64.2 Å². The average Bonchev–Trinajstić information content (AvgIpc) is 2.96. The molecule has 2 heterocycles. The number of alkyl halides is 2. The van der Waals surface area contributed by atoms with Crippen LogP contribution in [0.5, 0.6) is 23.0 Å². The Balaban J connectivity index is 1.82. The van der Waals surface area contributed by atoms with Gasteiger partial charge in [0.2, 0.25) is 0 Å². The van der Waals surface area contributed by atoms with Gasteiger partial charge in [0.25, 0.3) is 6.43 Å². The van der Waals surface area contributed by atoms with Gasteiger partial charge < -0.3 is 23.8 Å². The van der Waals surface area contributed by atoms with Gasteiger partial charge in [0.05, 0.1) is 39.4 Å². The number of aromatic nitrogens is 1. The molecule has 3 aromatic rings. The van der Waals surface area contributed by atoms with Crippen LogP contribution in [-0.4, -0.2) is 55.2 Å². The number of aliphatic imine (C=N–C) groups is 1. The number of hydrogen-bond acceptors (Lipinski definition) is 8. The molecule has 0 bridgehead atoms. The van der Waals surface area contributed by atoms with E-state index in [1.165, 1.54) is 0 Å². The molecule has 1 aliphatic heterocycles. The predicted octanol–water partition coefficient (Wildman–Crippen LogP) is 6.92. The van der Waals surface area contributed by atoms with E-state index < -0.39 is 17.2 Å². The molecule has 1 aliphatic rings. The summed E-state index contributed by atoms with van der Waals surface area (Å²) in [5, 5.41) is -0.493. The fraction of sp³-hybridized carbons (Fsp3) is 0.379. The van der Waals surface area contributed by atoms with Crippen LogP contribution in [0.25, 0.3) is 0 Å². The Kier molecular flexibility index (Phi) is 9.78. The van der Waals surface area contributed by atoms with Crippen LogP contribution < -0.4 is 18.9 Å². The first-order valence-electron chi connectivity index (χ1n) is 12.5. The second kappa shape index (κ2) is 13.1. The monoisotopic (exact) mass is 635 g/mol. The van der Waals surface area contributed by atoms with E-state index in [1.54, 1.807) is 52.8 Å². The molecule has 7 nitrogen and oxygen atoms in total. The summed E-state index contributed by atoms with van der Waals surface area (Å²) >= 11 is 4.57. The molecule has 0 aliphatic carbocycles. The van der Waals surface area contributed by atoms with Crippen molar-refractivity contribution >= 4 is 32.9 Å². The predicted molar refractivity (Wildman–Crippen MR) is 157 cm³/mol. The van der Waals surface area contributed by atoms with E-state index in [9.17, 15) is 8.78 Å². The Morgan fingerprint density at radius 2 is 1.50 bits per heavy atom. The molecule has 0 fully saturated rings. The molecular formula is C29H32BrF2N3O4S. The molecule has 0 unspecified atom stereocenters. The summed E-state index contributed by atoms with van der Waals surface area (Å²) < 4.78 is 51.6. The highest BCUT2D eigenvalue weighted by molar-refractivity contribution is 9.10. The first-order chi connectivity index (χ1) is 19.2. The molecule has 1 aromatic heterocycles. The van der Waals surface area contributed by atoms with Gasteiger partial charge in [0, 0.05) is 47.0 Å². The number of halogens is 3. The van der Waals surface area contributed by atoms with Gasteiger partial charge in [-0.1, -0.05) is 27.7 Å².